The lowest BCUT2D eigenvalue weighted by Crippen LogP contribution is -1.87. The van der Waals surface area contributed by atoms with Crippen molar-refractivity contribution in [2.24, 2.45) is 0 Å². The summed E-state index contributed by atoms with van der Waals surface area (Å²) in [6.07, 6.45) is 0. The van der Waals surface area contributed by atoms with Crippen molar-refractivity contribution in [1.29, 1.82) is 0 Å². The summed E-state index contributed by atoms with van der Waals surface area (Å²) in [7, 11) is 0. The van der Waals surface area contributed by atoms with E-state index in [1.54, 1.807) is 6.07 Å². The molecule has 0 fully saturated rings. The van der Waals surface area contributed by atoms with E-state index in [0.717, 1.165) is 11.0 Å². The lowest BCUT2D eigenvalue weighted by molar-refractivity contribution is 0.581. The zero-order valence-corrected chi connectivity index (χ0v) is 9.81. The zero-order chi connectivity index (χ0) is 12.3. The van der Waals surface area contributed by atoms with Crippen LogP contribution in [0, 0.1) is 11.6 Å². The fourth-order valence-electron chi connectivity index (χ4n) is 1.47. The van der Waals surface area contributed by atoms with E-state index in [0.29, 0.717) is 17.0 Å². The maximum absolute atomic E-state index is 12.9. The summed E-state index contributed by atoms with van der Waals surface area (Å²) in [5.74, 6) is -0.584. The maximum Gasteiger partial charge on any atom is 0.126 e. The van der Waals surface area contributed by atoms with Crippen molar-refractivity contribution in [3.05, 3.63) is 59.7 Å². The highest BCUT2D eigenvalue weighted by Crippen LogP contribution is 2.24. The highest BCUT2D eigenvalue weighted by molar-refractivity contribution is 7.98. The average Bonchev–Trinajstić information content (AvgIpc) is 2.25. The van der Waals surface area contributed by atoms with Gasteiger partial charge in [0.05, 0.1) is 0 Å². The molecule has 0 spiro atoms. The molecule has 0 amide bonds. The molecule has 2 aromatic carbocycles. The number of rotatable bonds is 3. The Kier molecular flexibility index (Phi) is 3.64. The summed E-state index contributed by atoms with van der Waals surface area (Å²) in [5, 5.41) is 0. The summed E-state index contributed by atoms with van der Waals surface area (Å²) in [6, 6.07) is 10.9. The number of nitrogen functional groups attached to an aromatic ring is 1. The van der Waals surface area contributed by atoms with E-state index in [-0.39, 0.29) is 0 Å². The minimum Gasteiger partial charge on any atom is -0.399 e. The van der Waals surface area contributed by atoms with Crippen molar-refractivity contribution in [2.45, 2.75) is 10.6 Å². The normalized spacial score (nSPS) is 10.5. The number of hydrogen-bond acceptors (Lipinski definition) is 2. The van der Waals surface area contributed by atoms with Crippen LogP contribution in [0.4, 0.5) is 14.5 Å². The van der Waals surface area contributed by atoms with Crippen LogP contribution < -0.4 is 5.73 Å². The predicted molar refractivity (Wildman–Crippen MR) is 66.8 cm³/mol. The van der Waals surface area contributed by atoms with E-state index in [4.69, 9.17) is 5.73 Å². The van der Waals surface area contributed by atoms with Crippen LogP contribution in [0.15, 0.2) is 47.4 Å². The molecule has 0 bridgehead atoms. The second-order valence-electron chi connectivity index (χ2n) is 3.64. The first kappa shape index (κ1) is 11.9. The van der Waals surface area contributed by atoms with Gasteiger partial charge in [0, 0.05) is 22.4 Å². The van der Waals surface area contributed by atoms with Gasteiger partial charge in [0.1, 0.15) is 11.6 Å². The van der Waals surface area contributed by atoms with Crippen LogP contribution in [-0.2, 0) is 5.75 Å². The van der Waals surface area contributed by atoms with Crippen LogP contribution in [0.2, 0.25) is 0 Å². The lowest BCUT2D eigenvalue weighted by Gasteiger charge is -2.03. The van der Waals surface area contributed by atoms with Crippen molar-refractivity contribution < 1.29 is 8.78 Å². The van der Waals surface area contributed by atoms with Crippen LogP contribution in [0.1, 0.15) is 5.56 Å². The number of anilines is 1. The largest absolute Gasteiger partial charge is 0.399 e. The summed E-state index contributed by atoms with van der Waals surface area (Å²) in [4.78, 5) is 0.981. The van der Waals surface area contributed by atoms with Crippen molar-refractivity contribution >= 4 is 17.4 Å². The Morgan fingerprint density at radius 3 is 2.35 bits per heavy atom. The third-order valence-corrected chi connectivity index (χ3v) is 3.25. The molecule has 0 aromatic heterocycles. The van der Waals surface area contributed by atoms with E-state index in [9.17, 15) is 8.78 Å². The van der Waals surface area contributed by atoms with Crippen LogP contribution in [0.5, 0.6) is 0 Å². The van der Waals surface area contributed by atoms with Gasteiger partial charge in [-0.05, 0) is 35.9 Å². The molecule has 0 saturated carbocycles. The zero-order valence-electron chi connectivity index (χ0n) is 8.99. The number of benzene rings is 2. The van der Waals surface area contributed by atoms with E-state index < -0.39 is 11.6 Å². The second-order valence-corrected chi connectivity index (χ2v) is 4.69. The first-order valence-electron chi connectivity index (χ1n) is 5.07. The Morgan fingerprint density at radius 1 is 1.00 bits per heavy atom. The van der Waals surface area contributed by atoms with Crippen LogP contribution >= 0.6 is 11.8 Å². The van der Waals surface area contributed by atoms with Crippen molar-refractivity contribution in [3.8, 4) is 0 Å². The molecule has 0 aliphatic rings. The molecule has 0 atom stereocenters. The summed E-state index contributed by atoms with van der Waals surface area (Å²) in [6.45, 7) is 0. The van der Waals surface area contributed by atoms with E-state index in [1.807, 2.05) is 18.2 Å². The molecule has 0 radical (unpaired) electrons. The second kappa shape index (κ2) is 5.19. The predicted octanol–water partition coefficient (Wildman–Crippen LogP) is 3.84. The fourth-order valence-corrected chi connectivity index (χ4v) is 2.36. The van der Waals surface area contributed by atoms with Gasteiger partial charge in [-0.2, -0.15) is 0 Å². The van der Waals surface area contributed by atoms with Crippen molar-refractivity contribution in [2.75, 3.05) is 5.73 Å². The first-order valence-corrected chi connectivity index (χ1v) is 6.05. The van der Waals surface area contributed by atoms with Crippen LogP contribution in [-0.4, -0.2) is 0 Å². The SMILES string of the molecule is Nc1cccc(SCc2cc(F)cc(F)c2)c1. The van der Waals surface area contributed by atoms with E-state index in [2.05, 4.69) is 0 Å². The first-order chi connectivity index (χ1) is 8.13. The van der Waals surface area contributed by atoms with Gasteiger partial charge in [-0.25, -0.2) is 8.78 Å². The van der Waals surface area contributed by atoms with Gasteiger partial charge in [-0.1, -0.05) is 6.07 Å². The summed E-state index contributed by atoms with van der Waals surface area (Å²) < 4.78 is 25.9. The monoisotopic (exact) mass is 251 g/mol. The number of halogens is 2. The molecule has 2 N–H and O–H groups in total. The van der Waals surface area contributed by atoms with Gasteiger partial charge in [-0.15, -0.1) is 11.8 Å². The van der Waals surface area contributed by atoms with Crippen LogP contribution in [0.3, 0.4) is 0 Å². The summed E-state index contributed by atoms with van der Waals surface area (Å²) in [5.41, 5.74) is 6.94. The molecule has 2 rings (SSSR count). The Bertz CT molecular complexity index is 508. The average molecular weight is 251 g/mol. The molecule has 0 aliphatic carbocycles. The molecule has 1 nitrogen and oxygen atoms in total. The maximum atomic E-state index is 12.9. The smallest absolute Gasteiger partial charge is 0.126 e. The van der Waals surface area contributed by atoms with Crippen LogP contribution in [0.25, 0.3) is 0 Å². The standard InChI is InChI=1S/C13H11F2NS/c14-10-4-9(5-11(15)6-10)8-17-13-3-1-2-12(16)7-13/h1-7H,8,16H2. The number of hydrogen-bond donors (Lipinski definition) is 1. The fraction of sp³-hybridized carbons (Fsp3) is 0.0769. The van der Waals surface area contributed by atoms with Gasteiger partial charge in [0.15, 0.2) is 0 Å². The Morgan fingerprint density at radius 2 is 1.71 bits per heavy atom. The molecule has 2 aromatic rings. The highest BCUT2D eigenvalue weighted by atomic mass is 32.2. The summed E-state index contributed by atoms with van der Waals surface area (Å²) >= 11 is 1.49. The Labute approximate surface area is 103 Å². The van der Waals surface area contributed by atoms with Gasteiger partial charge < -0.3 is 5.73 Å². The highest BCUT2D eigenvalue weighted by Gasteiger charge is 2.02. The van der Waals surface area contributed by atoms with Gasteiger partial charge in [0.2, 0.25) is 0 Å². The molecule has 0 heterocycles. The Balaban J connectivity index is 2.07. The van der Waals surface area contributed by atoms with E-state index in [1.165, 1.54) is 23.9 Å². The van der Waals surface area contributed by atoms with E-state index >= 15 is 0 Å². The minimum absolute atomic E-state index is 0.512. The molecule has 0 aliphatic heterocycles. The molecule has 88 valence electrons. The molecule has 4 heteroatoms. The minimum atomic E-state index is -0.548. The number of thioether (sulfide) groups is 1. The van der Waals surface area contributed by atoms with Gasteiger partial charge in [-0.3, -0.25) is 0 Å². The lowest BCUT2D eigenvalue weighted by atomic mass is 10.2. The van der Waals surface area contributed by atoms with Gasteiger partial charge >= 0.3 is 0 Å². The topological polar surface area (TPSA) is 26.0 Å². The van der Waals surface area contributed by atoms with Gasteiger partial charge in [0.25, 0.3) is 0 Å². The quantitative estimate of drug-likeness (QED) is 0.662. The molecular formula is C13H11F2NS. The molecule has 0 saturated heterocycles. The third kappa shape index (κ3) is 3.46. The molecule has 0 unspecified atom stereocenters. The van der Waals surface area contributed by atoms with Crippen molar-refractivity contribution in [3.63, 3.8) is 0 Å². The number of nitrogens with two attached hydrogens (primary N) is 1. The third-order valence-electron chi connectivity index (χ3n) is 2.19. The van der Waals surface area contributed by atoms with Crippen molar-refractivity contribution in [1.82, 2.24) is 0 Å². The molecular weight excluding hydrogens is 240 g/mol. The molecule has 17 heavy (non-hydrogen) atoms. The Hall–Kier alpha value is -1.55.